The molecule has 1 aliphatic carbocycles. The summed E-state index contributed by atoms with van der Waals surface area (Å²) in [4.78, 5) is 4.59. The van der Waals surface area contributed by atoms with Crippen molar-refractivity contribution in [1.82, 2.24) is 14.6 Å². The number of nitrogens with two attached hydrogens (primary N) is 1. The van der Waals surface area contributed by atoms with Gasteiger partial charge in [0.1, 0.15) is 3.70 Å². The molecule has 17 heavy (non-hydrogen) atoms. The van der Waals surface area contributed by atoms with Crippen molar-refractivity contribution in [3.63, 3.8) is 0 Å². The maximum absolute atomic E-state index is 5.81. The lowest BCUT2D eigenvalue weighted by molar-refractivity contribution is 0.416. The summed E-state index contributed by atoms with van der Waals surface area (Å²) in [6, 6.07) is 3.88. The molecule has 3 rings (SSSR count). The standard InChI is InChI=1S/C11H13IN4O/c1-17-7-2-3-8(12)16-9(7)14-10(15-16)11(6-13)4-5-11/h2-3H,4-6,13H2,1H3. The molecular weight excluding hydrogens is 331 g/mol. The molecule has 0 aromatic carbocycles. The van der Waals surface area contributed by atoms with Crippen LogP contribution in [0.3, 0.4) is 0 Å². The molecule has 2 aromatic heterocycles. The Balaban J connectivity index is 2.21. The summed E-state index contributed by atoms with van der Waals surface area (Å²) in [6.45, 7) is 0.614. The van der Waals surface area contributed by atoms with Gasteiger partial charge in [-0.25, -0.2) is 9.50 Å². The molecule has 2 N–H and O–H groups in total. The Bertz CT molecular complexity index is 576. The maximum atomic E-state index is 5.81. The number of rotatable bonds is 3. The molecule has 0 unspecified atom stereocenters. The number of methoxy groups -OCH3 is 1. The molecule has 90 valence electrons. The highest BCUT2D eigenvalue weighted by atomic mass is 127. The fourth-order valence-corrected chi connectivity index (χ4v) is 2.48. The predicted molar refractivity (Wildman–Crippen MR) is 72.2 cm³/mol. The van der Waals surface area contributed by atoms with Crippen LogP contribution in [0.4, 0.5) is 0 Å². The normalized spacial score (nSPS) is 17.4. The third-order valence-corrected chi connectivity index (χ3v) is 4.16. The van der Waals surface area contributed by atoms with Crippen molar-refractivity contribution in [2.45, 2.75) is 18.3 Å². The molecule has 1 fully saturated rings. The molecule has 0 atom stereocenters. The van der Waals surface area contributed by atoms with Crippen LogP contribution in [0, 0.1) is 3.70 Å². The number of pyridine rings is 1. The van der Waals surface area contributed by atoms with Crippen LogP contribution in [0.5, 0.6) is 5.75 Å². The molecule has 0 radical (unpaired) electrons. The molecule has 0 saturated heterocycles. The second-order valence-corrected chi connectivity index (χ2v) is 5.48. The van der Waals surface area contributed by atoms with E-state index in [-0.39, 0.29) is 5.41 Å². The summed E-state index contributed by atoms with van der Waals surface area (Å²) < 4.78 is 8.15. The van der Waals surface area contributed by atoms with Gasteiger partial charge >= 0.3 is 0 Å². The van der Waals surface area contributed by atoms with E-state index in [2.05, 4.69) is 32.7 Å². The van der Waals surface area contributed by atoms with Crippen molar-refractivity contribution in [2.75, 3.05) is 13.7 Å². The van der Waals surface area contributed by atoms with Crippen molar-refractivity contribution in [3.05, 3.63) is 21.7 Å². The molecule has 2 heterocycles. The van der Waals surface area contributed by atoms with E-state index in [9.17, 15) is 0 Å². The van der Waals surface area contributed by atoms with Crippen LogP contribution in [0.15, 0.2) is 12.1 Å². The molecule has 1 aliphatic rings. The lowest BCUT2D eigenvalue weighted by Crippen LogP contribution is -2.21. The highest BCUT2D eigenvalue weighted by Gasteiger charge is 2.46. The third-order valence-electron chi connectivity index (χ3n) is 3.34. The smallest absolute Gasteiger partial charge is 0.199 e. The third kappa shape index (κ3) is 1.61. The topological polar surface area (TPSA) is 65.4 Å². The van der Waals surface area contributed by atoms with E-state index in [1.54, 1.807) is 7.11 Å². The van der Waals surface area contributed by atoms with E-state index in [1.165, 1.54) is 0 Å². The minimum absolute atomic E-state index is 0.0140. The average Bonchev–Trinajstić information content (AvgIpc) is 3.02. The number of hydrogen-bond donors (Lipinski definition) is 1. The molecule has 0 bridgehead atoms. The van der Waals surface area contributed by atoms with Gasteiger partial charge in [-0.2, -0.15) is 0 Å². The SMILES string of the molecule is COc1ccc(I)n2nc(C3(CN)CC3)nc12. The summed E-state index contributed by atoms with van der Waals surface area (Å²) in [5.74, 6) is 1.60. The predicted octanol–water partition coefficient (Wildman–Crippen LogP) is 1.33. The van der Waals surface area contributed by atoms with Gasteiger partial charge in [-0.05, 0) is 47.6 Å². The Labute approximate surface area is 112 Å². The second kappa shape index (κ2) is 3.81. The van der Waals surface area contributed by atoms with Crippen molar-refractivity contribution >= 4 is 28.2 Å². The Morgan fingerprint density at radius 1 is 1.53 bits per heavy atom. The zero-order chi connectivity index (χ0) is 12.0. The van der Waals surface area contributed by atoms with E-state index < -0.39 is 0 Å². The number of hydrogen-bond acceptors (Lipinski definition) is 4. The first kappa shape index (κ1) is 11.2. The fourth-order valence-electron chi connectivity index (χ4n) is 1.96. The summed E-state index contributed by atoms with van der Waals surface area (Å²) >= 11 is 2.24. The van der Waals surface area contributed by atoms with Gasteiger partial charge in [0, 0.05) is 12.0 Å². The van der Waals surface area contributed by atoms with Crippen LogP contribution < -0.4 is 10.5 Å². The first-order valence-electron chi connectivity index (χ1n) is 5.50. The van der Waals surface area contributed by atoms with Crippen LogP contribution in [0.2, 0.25) is 0 Å². The Morgan fingerprint density at radius 2 is 2.29 bits per heavy atom. The van der Waals surface area contributed by atoms with E-state index >= 15 is 0 Å². The molecule has 2 aromatic rings. The number of nitrogens with zero attached hydrogens (tertiary/aromatic N) is 3. The van der Waals surface area contributed by atoms with Crippen LogP contribution >= 0.6 is 22.6 Å². The quantitative estimate of drug-likeness (QED) is 0.674. The lowest BCUT2D eigenvalue weighted by Gasteiger charge is -2.04. The zero-order valence-electron chi connectivity index (χ0n) is 9.48. The number of halogens is 1. The van der Waals surface area contributed by atoms with E-state index in [0.717, 1.165) is 33.8 Å². The number of fused-ring (bicyclic) bond motifs is 1. The first-order valence-corrected chi connectivity index (χ1v) is 6.58. The Kier molecular flexibility index (Phi) is 2.51. The van der Waals surface area contributed by atoms with E-state index in [0.29, 0.717) is 6.54 Å². The highest BCUT2D eigenvalue weighted by Crippen LogP contribution is 2.46. The van der Waals surface area contributed by atoms with Crippen molar-refractivity contribution in [1.29, 1.82) is 0 Å². The van der Waals surface area contributed by atoms with Gasteiger partial charge in [0.25, 0.3) is 0 Å². The van der Waals surface area contributed by atoms with E-state index in [4.69, 9.17) is 10.5 Å². The average molecular weight is 344 g/mol. The van der Waals surface area contributed by atoms with Gasteiger partial charge in [0.05, 0.1) is 7.11 Å². The first-order chi connectivity index (χ1) is 8.20. The van der Waals surface area contributed by atoms with Crippen molar-refractivity contribution in [3.8, 4) is 5.75 Å². The highest BCUT2D eigenvalue weighted by molar-refractivity contribution is 14.1. The Morgan fingerprint density at radius 3 is 2.88 bits per heavy atom. The fraction of sp³-hybridized carbons (Fsp3) is 0.455. The van der Waals surface area contributed by atoms with Gasteiger partial charge in [-0.15, -0.1) is 5.10 Å². The van der Waals surface area contributed by atoms with Gasteiger partial charge in [0.15, 0.2) is 17.2 Å². The molecule has 0 spiro atoms. The minimum Gasteiger partial charge on any atom is -0.493 e. The number of ether oxygens (including phenoxy) is 1. The van der Waals surface area contributed by atoms with Crippen molar-refractivity contribution < 1.29 is 4.74 Å². The molecule has 5 nitrogen and oxygen atoms in total. The summed E-state index contributed by atoms with van der Waals surface area (Å²) in [5, 5.41) is 4.56. The van der Waals surface area contributed by atoms with Gasteiger partial charge < -0.3 is 10.5 Å². The molecule has 1 saturated carbocycles. The van der Waals surface area contributed by atoms with Crippen LogP contribution in [-0.4, -0.2) is 28.3 Å². The summed E-state index contributed by atoms with van der Waals surface area (Å²) in [7, 11) is 1.65. The molecule has 0 aliphatic heterocycles. The van der Waals surface area contributed by atoms with Crippen LogP contribution in [0.1, 0.15) is 18.7 Å². The molecular formula is C11H13IN4O. The minimum atomic E-state index is 0.0140. The second-order valence-electron chi connectivity index (χ2n) is 4.38. The lowest BCUT2D eigenvalue weighted by atomic mass is 10.1. The van der Waals surface area contributed by atoms with Crippen LogP contribution in [-0.2, 0) is 5.41 Å². The number of aromatic nitrogens is 3. The molecule has 0 amide bonds. The van der Waals surface area contributed by atoms with Gasteiger partial charge in [-0.1, -0.05) is 0 Å². The zero-order valence-corrected chi connectivity index (χ0v) is 11.6. The maximum Gasteiger partial charge on any atom is 0.199 e. The monoisotopic (exact) mass is 344 g/mol. The largest absolute Gasteiger partial charge is 0.493 e. The van der Waals surface area contributed by atoms with Gasteiger partial charge in [-0.3, -0.25) is 0 Å². The van der Waals surface area contributed by atoms with Crippen molar-refractivity contribution in [2.24, 2.45) is 5.73 Å². The summed E-state index contributed by atoms with van der Waals surface area (Å²) in [5.41, 5.74) is 6.60. The van der Waals surface area contributed by atoms with E-state index in [1.807, 2.05) is 16.6 Å². The van der Waals surface area contributed by atoms with Gasteiger partial charge in [0.2, 0.25) is 0 Å². The summed E-state index contributed by atoms with van der Waals surface area (Å²) in [6.07, 6.45) is 2.17. The Hall–Kier alpha value is -0.890. The van der Waals surface area contributed by atoms with Crippen LogP contribution in [0.25, 0.3) is 5.65 Å². The molecule has 6 heteroatoms.